The van der Waals surface area contributed by atoms with Crippen LogP contribution in [-0.2, 0) is 13.1 Å². The number of aliphatic hydroxyl groups is 1. The number of aliphatic hydroxyl groups excluding tert-OH is 1. The molecular weight excluding hydrogens is 236 g/mol. The Hall–Kier alpha value is -0.900. The summed E-state index contributed by atoms with van der Waals surface area (Å²) in [5.74, 6) is 0. The zero-order valence-electron chi connectivity index (χ0n) is 12.1. The van der Waals surface area contributed by atoms with E-state index in [1.165, 1.54) is 11.1 Å². The average molecular weight is 262 g/mol. The SMILES string of the molecule is CN(C)Cc1ccccc1CNC1CCC(O)CC1. The van der Waals surface area contributed by atoms with Gasteiger partial charge < -0.3 is 15.3 Å². The lowest BCUT2D eigenvalue weighted by Crippen LogP contribution is -2.34. The van der Waals surface area contributed by atoms with Crippen LogP contribution < -0.4 is 5.32 Å². The van der Waals surface area contributed by atoms with Gasteiger partial charge in [-0.2, -0.15) is 0 Å². The molecule has 2 rings (SSSR count). The normalized spacial score (nSPS) is 23.8. The van der Waals surface area contributed by atoms with Gasteiger partial charge in [-0.1, -0.05) is 24.3 Å². The standard InChI is InChI=1S/C16H26N2O/c1-18(2)12-14-6-4-3-5-13(14)11-17-15-7-9-16(19)10-8-15/h3-6,15-17,19H,7-12H2,1-2H3. The molecule has 1 fully saturated rings. The minimum absolute atomic E-state index is 0.0703. The summed E-state index contributed by atoms with van der Waals surface area (Å²) < 4.78 is 0. The van der Waals surface area contributed by atoms with Crippen LogP contribution in [0.1, 0.15) is 36.8 Å². The lowest BCUT2D eigenvalue weighted by Gasteiger charge is -2.26. The van der Waals surface area contributed by atoms with E-state index in [1.807, 2.05) is 0 Å². The van der Waals surface area contributed by atoms with Crippen molar-refractivity contribution in [1.29, 1.82) is 0 Å². The second kappa shape index (κ2) is 7.04. The van der Waals surface area contributed by atoms with Crippen LogP contribution in [-0.4, -0.2) is 36.2 Å². The van der Waals surface area contributed by atoms with E-state index < -0.39 is 0 Å². The topological polar surface area (TPSA) is 35.5 Å². The van der Waals surface area contributed by atoms with Crippen molar-refractivity contribution in [3.63, 3.8) is 0 Å². The van der Waals surface area contributed by atoms with E-state index in [-0.39, 0.29) is 6.10 Å². The molecular formula is C16H26N2O. The molecule has 0 amide bonds. The zero-order chi connectivity index (χ0) is 13.7. The largest absolute Gasteiger partial charge is 0.393 e. The molecule has 19 heavy (non-hydrogen) atoms. The van der Waals surface area contributed by atoms with Gasteiger partial charge in [-0.05, 0) is 50.9 Å². The van der Waals surface area contributed by atoms with E-state index in [0.717, 1.165) is 38.8 Å². The summed E-state index contributed by atoms with van der Waals surface area (Å²) in [6.45, 7) is 1.92. The third-order valence-electron chi connectivity index (χ3n) is 3.88. The third kappa shape index (κ3) is 4.60. The number of hydrogen-bond acceptors (Lipinski definition) is 3. The van der Waals surface area contributed by atoms with Crippen LogP contribution >= 0.6 is 0 Å². The van der Waals surface area contributed by atoms with E-state index in [9.17, 15) is 5.11 Å². The highest BCUT2D eigenvalue weighted by atomic mass is 16.3. The van der Waals surface area contributed by atoms with Gasteiger partial charge in [0.05, 0.1) is 6.10 Å². The fourth-order valence-corrected chi connectivity index (χ4v) is 2.76. The molecule has 3 heteroatoms. The van der Waals surface area contributed by atoms with Gasteiger partial charge in [0.25, 0.3) is 0 Å². The van der Waals surface area contributed by atoms with E-state index in [4.69, 9.17) is 0 Å². The van der Waals surface area contributed by atoms with Crippen molar-refractivity contribution >= 4 is 0 Å². The van der Waals surface area contributed by atoms with Crippen LogP contribution in [0.3, 0.4) is 0 Å². The average Bonchev–Trinajstić information content (AvgIpc) is 2.39. The molecule has 106 valence electrons. The molecule has 0 aliphatic heterocycles. The molecule has 0 bridgehead atoms. The molecule has 0 heterocycles. The fraction of sp³-hybridized carbons (Fsp3) is 0.625. The number of benzene rings is 1. The molecule has 3 nitrogen and oxygen atoms in total. The molecule has 2 N–H and O–H groups in total. The molecule has 0 atom stereocenters. The van der Waals surface area contributed by atoms with E-state index in [1.54, 1.807) is 0 Å². The highest BCUT2D eigenvalue weighted by Crippen LogP contribution is 2.19. The third-order valence-corrected chi connectivity index (χ3v) is 3.88. The Kier molecular flexibility index (Phi) is 5.37. The molecule has 1 aliphatic rings. The Morgan fingerprint density at radius 2 is 1.74 bits per heavy atom. The van der Waals surface area contributed by atoms with Gasteiger partial charge in [0.15, 0.2) is 0 Å². The van der Waals surface area contributed by atoms with Crippen LogP contribution in [0.15, 0.2) is 24.3 Å². The van der Waals surface area contributed by atoms with Gasteiger partial charge in [0.1, 0.15) is 0 Å². The number of hydrogen-bond donors (Lipinski definition) is 2. The monoisotopic (exact) mass is 262 g/mol. The first-order valence-electron chi connectivity index (χ1n) is 7.28. The van der Waals surface area contributed by atoms with E-state index in [0.29, 0.717) is 6.04 Å². The maximum atomic E-state index is 9.52. The van der Waals surface area contributed by atoms with E-state index in [2.05, 4.69) is 48.6 Å². The van der Waals surface area contributed by atoms with Crippen LogP contribution in [0.25, 0.3) is 0 Å². The summed E-state index contributed by atoms with van der Waals surface area (Å²) in [7, 11) is 4.21. The van der Waals surface area contributed by atoms with Crippen LogP contribution in [0.2, 0.25) is 0 Å². The predicted molar refractivity (Wildman–Crippen MR) is 78.9 cm³/mol. The van der Waals surface area contributed by atoms with Crippen LogP contribution in [0.4, 0.5) is 0 Å². The molecule has 1 aliphatic carbocycles. The minimum Gasteiger partial charge on any atom is -0.393 e. The molecule has 0 saturated heterocycles. The van der Waals surface area contributed by atoms with E-state index >= 15 is 0 Å². The maximum Gasteiger partial charge on any atom is 0.0541 e. The van der Waals surface area contributed by atoms with Gasteiger partial charge in [-0.25, -0.2) is 0 Å². The summed E-state index contributed by atoms with van der Waals surface area (Å²) in [5, 5.41) is 13.2. The first-order chi connectivity index (χ1) is 9.15. The highest BCUT2D eigenvalue weighted by Gasteiger charge is 2.18. The molecule has 1 aromatic rings. The number of rotatable bonds is 5. The summed E-state index contributed by atoms with van der Waals surface area (Å²) in [5.41, 5.74) is 2.79. The lowest BCUT2D eigenvalue weighted by atomic mass is 9.93. The summed E-state index contributed by atoms with van der Waals surface area (Å²) >= 11 is 0. The van der Waals surface area contributed by atoms with Gasteiger partial charge in [-0.3, -0.25) is 0 Å². The molecule has 0 aromatic heterocycles. The Balaban J connectivity index is 1.88. The van der Waals surface area contributed by atoms with Crippen molar-refractivity contribution in [2.24, 2.45) is 0 Å². The first-order valence-corrected chi connectivity index (χ1v) is 7.28. The quantitative estimate of drug-likeness (QED) is 0.853. The second-order valence-corrected chi connectivity index (χ2v) is 5.89. The zero-order valence-corrected chi connectivity index (χ0v) is 12.1. The molecule has 1 aromatic carbocycles. The van der Waals surface area contributed by atoms with Gasteiger partial charge in [-0.15, -0.1) is 0 Å². The maximum absolute atomic E-state index is 9.52. The Morgan fingerprint density at radius 1 is 1.11 bits per heavy atom. The number of nitrogens with zero attached hydrogens (tertiary/aromatic N) is 1. The minimum atomic E-state index is -0.0703. The van der Waals surface area contributed by atoms with Crippen LogP contribution in [0.5, 0.6) is 0 Å². The Morgan fingerprint density at radius 3 is 2.37 bits per heavy atom. The molecule has 0 radical (unpaired) electrons. The van der Waals surface area contributed by atoms with Gasteiger partial charge in [0.2, 0.25) is 0 Å². The lowest BCUT2D eigenvalue weighted by molar-refractivity contribution is 0.116. The first kappa shape index (κ1) is 14.5. The van der Waals surface area contributed by atoms with Crippen molar-refractivity contribution in [2.75, 3.05) is 14.1 Å². The summed E-state index contributed by atoms with van der Waals surface area (Å²) in [4.78, 5) is 2.20. The Labute approximate surface area is 116 Å². The van der Waals surface area contributed by atoms with Crippen molar-refractivity contribution in [2.45, 2.75) is 50.9 Å². The van der Waals surface area contributed by atoms with Crippen molar-refractivity contribution in [1.82, 2.24) is 10.2 Å². The van der Waals surface area contributed by atoms with Crippen molar-refractivity contribution in [3.8, 4) is 0 Å². The molecule has 1 saturated carbocycles. The predicted octanol–water partition coefficient (Wildman–Crippen LogP) is 2.14. The molecule has 0 unspecified atom stereocenters. The molecule has 0 spiro atoms. The number of nitrogens with one attached hydrogen (secondary N) is 1. The fourth-order valence-electron chi connectivity index (χ4n) is 2.76. The summed E-state index contributed by atoms with van der Waals surface area (Å²) in [6.07, 6.45) is 4.00. The smallest absolute Gasteiger partial charge is 0.0541 e. The second-order valence-electron chi connectivity index (χ2n) is 5.89. The van der Waals surface area contributed by atoms with Gasteiger partial charge in [0, 0.05) is 19.1 Å². The van der Waals surface area contributed by atoms with Crippen molar-refractivity contribution in [3.05, 3.63) is 35.4 Å². The Bertz CT molecular complexity index is 384. The van der Waals surface area contributed by atoms with Gasteiger partial charge >= 0.3 is 0 Å². The summed E-state index contributed by atoms with van der Waals surface area (Å²) in [6, 6.07) is 9.21. The van der Waals surface area contributed by atoms with Crippen molar-refractivity contribution < 1.29 is 5.11 Å². The van der Waals surface area contributed by atoms with Crippen LogP contribution in [0, 0.1) is 0 Å². The highest BCUT2D eigenvalue weighted by molar-refractivity contribution is 5.27.